The maximum atomic E-state index is 12.9. The van der Waals surface area contributed by atoms with Crippen molar-refractivity contribution in [2.45, 2.75) is 19.5 Å². The smallest absolute Gasteiger partial charge is 0.311 e. The molecule has 1 aliphatic heterocycles. The van der Waals surface area contributed by atoms with E-state index in [1.165, 1.54) is 41.1 Å². The maximum Gasteiger partial charge on any atom is 0.416 e. The first kappa shape index (κ1) is 20.4. The number of aryl methyl sites for hydroxylation is 1. The van der Waals surface area contributed by atoms with Crippen molar-refractivity contribution in [2.24, 2.45) is 0 Å². The molecule has 2 amide bonds. The monoisotopic (exact) mass is 427 g/mol. The lowest BCUT2D eigenvalue weighted by Gasteiger charge is -2.22. The Labute approximate surface area is 167 Å². The topological polar surface area (TPSA) is 62.3 Å². The van der Waals surface area contributed by atoms with Crippen molar-refractivity contribution in [3.8, 4) is 0 Å². The first-order valence-corrected chi connectivity index (χ1v) is 10.0. The zero-order valence-corrected chi connectivity index (χ0v) is 16.6. The van der Waals surface area contributed by atoms with Crippen LogP contribution in [0.1, 0.15) is 21.8 Å². The largest absolute Gasteiger partial charge is 0.416 e. The number of carbonyl (C=O) groups excluding carboxylic acids is 2. The van der Waals surface area contributed by atoms with Crippen LogP contribution in [-0.2, 0) is 22.2 Å². The highest BCUT2D eigenvalue weighted by atomic mass is 32.2. The van der Waals surface area contributed by atoms with Gasteiger partial charge in [-0.2, -0.15) is 13.2 Å². The summed E-state index contributed by atoms with van der Waals surface area (Å²) in [6.45, 7) is 1.71. The number of nitrogens with one attached hydrogen (secondary N) is 1. The summed E-state index contributed by atoms with van der Waals surface area (Å²) in [6, 6.07) is 5.09. The molecule has 0 radical (unpaired) electrons. The van der Waals surface area contributed by atoms with Crippen LogP contribution < -0.4 is 5.32 Å². The lowest BCUT2D eigenvalue weighted by atomic mass is 10.1. The number of likely N-dealkylation sites (N-methyl/N-ethyl adjacent to an activating group) is 1. The third kappa shape index (κ3) is 4.56. The minimum absolute atomic E-state index is 0.163. The molecule has 148 valence electrons. The number of halogens is 3. The molecule has 2 aromatic rings. The van der Waals surface area contributed by atoms with Crippen molar-refractivity contribution in [1.29, 1.82) is 0 Å². The first-order chi connectivity index (χ1) is 13.1. The van der Waals surface area contributed by atoms with Crippen LogP contribution in [0.2, 0.25) is 0 Å². The van der Waals surface area contributed by atoms with Gasteiger partial charge in [0.05, 0.1) is 22.0 Å². The summed E-state index contributed by atoms with van der Waals surface area (Å²) in [5.41, 5.74) is 0.589. The van der Waals surface area contributed by atoms with Gasteiger partial charge in [-0.15, -0.1) is 23.1 Å². The number of amides is 2. The predicted molar refractivity (Wildman–Crippen MR) is 103 cm³/mol. The van der Waals surface area contributed by atoms with Gasteiger partial charge in [-0.25, -0.2) is 4.98 Å². The van der Waals surface area contributed by atoms with E-state index in [0.717, 1.165) is 12.1 Å². The van der Waals surface area contributed by atoms with Crippen LogP contribution in [0, 0.1) is 6.92 Å². The fourth-order valence-corrected chi connectivity index (χ4v) is 4.39. The molecule has 10 heteroatoms. The minimum atomic E-state index is -4.40. The Morgan fingerprint density at radius 3 is 2.82 bits per heavy atom. The molecule has 1 aromatic heterocycles. The van der Waals surface area contributed by atoms with Crippen LogP contribution >= 0.6 is 23.1 Å². The van der Waals surface area contributed by atoms with E-state index < -0.39 is 17.6 Å². The van der Waals surface area contributed by atoms with Crippen LogP contribution in [0.5, 0.6) is 0 Å². The zero-order valence-electron chi connectivity index (χ0n) is 15.0. The number of nitrogens with zero attached hydrogens (tertiary/aromatic N) is 2. The molecule has 0 atom stereocenters. The van der Waals surface area contributed by atoms with Crippen molar-refractivity contribution in [2.75, 3.05) is 18.1 Å². The van der Waals surface area contributed by atoms with Gasteiger partial charge in [0.25, 0.3) is 5.91 Å². The summed E-state index contributed by atoms with van der Waals surface area (Å²) >= 11 is 2.45. The highest BCUT2D eigenvalue weighted by Crippen LogP contribution is 2.31. The Kier molecular flexibility index (Phi) is 5.80. The van der Waals surface area contributed by atoms with E-state index in [-0.39, 0.29) is 23.8 Å². The summed E-state index contributed by atoms with van der Waals surface area (Å²) in [7, 11) is 1.53. The molecule has 0 aliphatic carbocycles. The molecule has 3 rings (SSSR count). The third-order valence-electron chi connectivity index (χ3n) is 4.05. The van der Waals surface area contributed by atoms with E-state index in [4.69, 9.17) is 0 Å². The van der Waals surface area contributed by atoms with Gasteiger partial charge in [-0.1, -0.05) is 18.2 Å². The predicted octanol–water partition coefficient (Wildman–Crippen LogP) is 4.05. The van der Waals surface area contributed by atoms with Crippen LogP contribution in [0.25, 0.3) is 0 Å². The number of aromatic nitrogens is 1. The second kappa shape index (κ2) is 7.96. The van der Waals surface area contributed by atoms with Gasteiger partial charge >= 0.3 is 6.18 Å². The average Bonchev–Trinajstić information content (AvgIpc) is 2.95. The quantitative estimate of drug-likeness (QED) is 0.800. The molecule has 0 spiro atoms. The van der Waals surface area contributed by atoms with Gasteiger partial charge in [0.15, 0.2) is 0 Å². The summed E-state index contributed by atoms with van der Waals surface area (Å²) in [6.07, 6.45) is -4.18. The van der Waals surface area contributed by atoms with Crippen LogP contribution in [0.4, 0.5) is 18.2 Å². The second-order valence-corrected chi connectivity index (χ2v) is 8.06. The molecule has 0 saturated heterocycles. The molecule has 1 N–H and O–H groups in total. The number of thiazole rings is 1. The summed E-state index contributed by atoms with van der Waals surface area (Å²) < 4.78 is 38.6. The molecule has 0 bridgehead atoms. The van der Waals surface area contributed by atoms with E-state index >= 15 is 0 Å². The average molecular weight is 427 g/mol. The number of hydrogen-bond donors (Lipinski definition) is 1. The van der Waals surface area contributed by atoms with Gasteiger partial charge in [0.2, 0.25) is 5.91 Å². The molecule has 0 fully saturated rings. The van der Waals surface area contributed by atoms with Crippen molar-refractivity contribution in [1.82, 2.24) is 9.88 Å². The lowest BCUT2D eigenvalue weighted by molar-refractivity contribution is -0.137. The number of rotatable bonds is 4. The number of hydrogen-bond acceptors (Lipinski definition) is 5. The highest BCUT2D eigenvalue weighted by Gasteiger charge is 2.30. The molecule has 2 heterocycles. The number of carbonyl (C=O) groups is 2. The SMILES string of the molecule is Cc1nc(Cc2cccc(C(F)(F)F)c2)sc1NC(=O)C1=CSCC(=O)N1C. The molecule has 5 nitrogen and oxygen atoms in total. The van der Waals surface area contributed by atoms with Crippen LogP contribution in [0.15, 0.2) is 35.4 Å². The second-order valence-electron chi connectivity index (χ2n) is 6.12. The molecular formula is C18H16F3N3O2S2. The summed E-state index contributed by atoms with van der Waals surface area (Å²) in [4.78, 5) is 29.8. The fourth-order valence-electron chi connectivity index (χ4n) is 2.55. The number of anilines is 1. The fraction of sp³-hybridized carbons (Fsp3) is 0.278. The number of benzene rings is 1. The van der Waals surface area contributed by atoms with Crippen LogP contribution in [0.3, 0.4) is 0 Å². The Bertz CT molecular complexity index is 954. The molecule has 0 unspecified atom stereocenters. The van der Waals surface area contributed by atoms with Gasteiger partial charge < -0.3 is 10.2 Å². The van der Waals surface area contributed by atoms with Gasteiger partial charge in [-0.05, 0) is 18.6 Å². The molecule has 28 heavy (non-hydrogen) atoms. The Balaban J connectivity index is 1.74. The van der Waals surface area contributed by atoms with E-state index in [1.54, 1.807) is 18.4 Å². The van der Waals surface area contributed by atoms with Gasteiger partial charge in [0, 0.05) is 18.9 Å². The first-order valence-electron chi connectivity index (χ1n) is 8.17. The van der Waals surface area contributed by atoms with Gasteiger partial charge in [0.1, 0.15) is 10.7 Å². The standard InChI is InChI=1S/C18H16F3N3O2S2/c1-10-17(23-16(26)13-8-27-9-15(25)24(13)2)28-14(22-10)7-11-4-3-5-12(6-11)18(19,20)21/h3-6,8H,7,9H2,1-2H3,(H,23,26). The van der Waals surface area contributed by atoms with Crippen molar-refractivity contribution in [3.05, 3.63) is 57.2 Å². The Morgan fingerprint density at radius 1 is 1.36 bits per heavy atom. The molecule has 1 aliphatic rings. The van der Waals surface area contributed by atoms with E-state index in [0.29, 0.717) is 21.3 Å². The lowest BCUT2D eigenvalue weighted by Crippen LogP contribution is -2.35. The summed E-state index contributed by atoms with van der Waals surface area (Å²) in [5, 5.41) is 5.45. The number of alkyl halides is 3. The highest BCUT2D eigenvalue weighted by molar-refractivity contribution is 8.02. The van der Waals surface area contributed by atoms with Crippen molar-refractivity contribution in [3.63, 3.8) is 0 Å². The van der Waals surface area contributed by atoms with E-state index in [9.17, 15) is 22.8 Å². The van der Waals surface area contributed by atoms with Crippen molar-refractivity contribution < 1.29 is 22.8 Å². The number of thioether (sulfide) groups is 1. The van der Waals surface area contributed by atoms with Crippen molar-refractivity contribution >= 4 is 39.9 Å². The van der Waals surface area contributed by atoms with E-state index in [1.807, 2.05) is 0 Å². The third-order valence-corrected chi connectivity index (χ3v) is 5.92. The Hall–Kier alpha value is -2.33. The summed E-state index contributed by atoms with van der Waals surface area (Å²) in [5.74, 6) is -0.307. The Morgan fingerprint density at radius 2 is 2.11 bits per heavy atom. The zero-order chi connectivity index (χ0) is 20.5. The minimum Gasteiger partial charge on any atom is -0.311 e. The van der Waals surface area contributed by atoms with Crippen LogP contribution in [-0.4, -0.2) is 34.5 Å². The molecule has 0 saturated carbocycles. The van der Waals surface area contributed by atoms with E-state index in [2.05, 4.69) is 10.3 Å². The molecular weight excluding hydrogens is 411 g/mol. The van der Waals surface area contributed by atoms with Gasteiger partial charge in [-0.3, -0.25) is 9.59 Å². The maximum absolute atomic E-state index is 12.9. The molecule has 1 aromatic carbocycles. The normalized spacial score (nSPS) is 14.8.